The summed E-state index contributed by atoms with van der Waals surface area (Å²) in [6.45, 7) is 0. The van der Waals surface area contributed by atoms with Crippen molar-refractivity contribution in [1.29, 1.82) is 0 Å². The number of nitrogens with zero attached hydrogens (tertiary/aromatic N) is 3. The van der Waals surface area contributed by atoms with Crippen molar-refractivity contribution in [3.63, 3.8) is 0 Å². The number of rotatable bonds is 3. The zero-order valence-corrected chi connectivity index (χ0v) is 12.0. The Hall–Kier alpha value is -1.98. The fourth-order valence-electron chi connectivity index (χ4n) is 2.08. The molecule has 0 radical (unpaired) electrons. The first-order chi connectivity index (χ1) is 9.70. The van der Waals surface area contributed by atoms with Crippen LogP contribution in [-0.2, 0) is 5.88 Å². The Balaban J connectivity index is 2.32. The molecule has 0 saturated heterocycles. The maximum Gasteiger partial charge on any atom is 0.166 e. The molecule has 2 N–H and O–H groups in total. The van der Waals surface area contributed by atoms with E-state index >= 15 is 0 Å². The van der Waals surface area contributed by atoms with Crippen LogP contribution >= 0.6 is 23.8 Å². The van der Waals surface area contributed by atoms with Crippen molar-refractivity contribution in [2.24, 2.45) is 5.73 Å². The van der Waals surface area contributed by atoms with E-state index in [1.807, 2.05) is 42.5 Å². The smallest absolute Gasteiger partial charge is 0.166 e. The van der Waals surface area contributed by atoms with Crippen LogP contribution in [0.3, 0.4) is 0 Å². The second-order valence-electron chi connectivity index (χ2n) is 4.26. The van der Waals surface area contributed by atoms with Crippen LogP contribution < -0.4 is 5.73 Å². The molecular weight excluding hydrogens is 292 g/mol. The fraction of sp³-hybridized carbons (Fsp3) is 0.0714. The molecule has 0 aliphatic carbocycles. The summed E-state index contributed by atoms with van der Waals surface area (Å²) < 4.78 is 1.74. The molecule has 2 aromatic heterocycles. The van der Waals surface area contributed by atoms with Gasteiger partial charge in [0, 0.05) is 5.56 Å². The van der Waals surface area contributed by atoms with E-state index in [4.69, 9.17) is 29.6 Å². The van der Waals surface area contributed by atoms with Gasteiger partial charge in [0.05, 0.1) is 17.1 Å². The molecule has 1 aromatic carbocycles. The molecule has 0 aliphatic rings. The van der Waals surface area contributed by atoms with Crippen LogP contribution in [0.4, 0.5) is 0 Å². The highest BCUT2D eigenvalue weighted by Gasteiger charge is 2.13. The minimum Gasteiger partial charge on any atom is -0.389 e. The Labute approximate surface area is 126 Å². The number of aromatic nitrogens is 3. The molecule has 2 heterocycles. The molecule has 0 bridgehead atoms. The topological polar surface area (TPSA) is 56.2 Å². The Morgan fingerprint density at radius 1 is 1.20 bits per heavy atom. The van der Waals surface area contributed by atoms with E-state index in [1.165, 1.54) is 0 Å². The van der Waals surface area contributed by atoms with Gasteiger partial charge in [0.1, 0.15) is 4.99 Å². The van der Waals surface area contributed by atoms with Crippen molar-refractivity contribution in [2.45, 2.75) is 5.88 Å². The third-order valence-electron chi connectivity index (χ3n) is 2.98. The second kappa shape index (κ2) is 5.19. The van der Waals surface area contributed by atoms with Crippen molar-refractivity contribution >= 4 is 34.5 Å². The highest BCUT2D eigenvalue weighted by molar-refractivity contribution is 7.80. The van der Waals surface area contributed by atoms with Gasteiger partial charge in [-0.15, -0.1) is 16.7 Å². The van der Waals surface area contributed by atoms with Crippen LogP contribution in [0.1, 0.15) is 11.4 Å². The van der Waals surface area contributed by atoms with Gasteiger partial charge >= 0.3 is 0 Å². The van der Waals surface area contributed by atoms with Crippen LogP contribution in [-0.4, -0.2) is 19.6 Å². The van der Waals surface area contributed by atoms with Crippen LogP contribution in [0, 0.1) is 0 Å². The van der Waals surface area contributed by atoms with E-state index in [0.29, 0.717) is 22.0 Å². The Bertz CT molecular complexity index is 782. The number of hydrogen-bond donors (Lipinski definition) is 1. The number of halogens is 1. The molecule has 3 aromatic rings. The minimum atomic E-state index is 0.243. The van der Waals surface area contributed by atoms with Gasteiger partial charge in [-0.2, -0.15) is 0 Å². The molecule has 0 atom stereocenters. The minimum absolute atomic E-state index is 0.243. The van der Waals surface area contributed by atoms with Crippen LogP contribution in [0.5, 0.6) is 0 Å². The van der Waals surface area contributed by atoms with Gasteiger partial charge in [0.15, 0.2) is 11.5 Å². The number of alkyl halides is 1. The lowest BCUT2D eigenvalue weighted by Gasteiger charge is -2.07. The Kier molecular flexibility index (Phi) is 3.38. The Morgan fingerprint density at radius 3 is 2.60 bits per heavy atom. The normalized spacial score (nSPS) is 10.8. The van der Waals surface area contributed by atoms with Gasteiger partial charge in [-0.1, -0.05) is 42.5 Å². The van der Waals surface area contributed by atoms with Crippen molar-refractivity contribution < 1.29 is 0 Å². The summed E-state index contributed by atoms with van der Waals surface area (Å²) in [5, 5.41) is 4.41. The quantitative estimate of drug-likeness (QED) is 0.597. The molecular formula is C14H11ClN4S. The van der Waals surface area contributed by atoms with E-state index in [2.05, 4.69) is 10.1 Å². The molecule has 0 aliphatic heterocycles. The van der Waals surface area contributed by atoms with Gasteiger partial charge in [-0.25, -0.2) is 9.50 Å². The van der Waals surface area contributed by atoms with Crippen molar-refractivity contribution in [1.82, 2.24) is 14.6 Å². The molecule has 0 spiro atoms. The number of nitrogens with two attached hydrogens (primary N) is 1. The third-order valence-corrected chi connectivity index (χ3v) is 3.44. The van der Waals surface area contributed by atoms with Gasteiger partial charge in [0.2, 0.25) is 0 Å². The van der Waals surface area contributed by atoms with E-state index in [1.54, 1.807) is 4.52 Å². The summed E-state index contributed by atoms with van der Waals surface area (Å²) in [4.78, 5) is 4.69. The highest BCUT2D eigenvalue weighted by Crippen LogP contribution is 2.22. The number of pyridine rings is 1. The van der Waals surface area contributed by atoms with Crippen LogP contribution in [0.15, 0.2) is 42.5 Å². The summed E-state index contributed by atoms with van der Waals surface area (Å²) in [5.41, 5.74) is 9.03. The molecule has 0 saturated carbocycles. The standard InChI is InChI=1S/C14H11ClN4S/c15-8-12-17-14-10(13(16)20)6-7-11(19(14)18-12)9-4-2-1-3-5-9/h1-7H,8H2,(H2,16,20). The fourth-order valence-corrected chi connectivity index (χ4v) is 2.35. The lowest BCUT2D eigenvalue weighted by molar-refractivity contribution is 0.929. The average molecular weight is 303 g/mol. The summed E-state index contributed by atoms with van der Waals surface area (Å²) >= 11 is 10.9. The molecule has 6 heteroatoms. The summed E-state index contributed by atoms with van der Waals surface area (Å²) in [6, 6.07) is 13.7. The Morgan fingerprint density at radius 2 is 1.95 bits per heavy atom. The third kappa shape index (κ3) is 2.15. The van der Waals surface area contributed by atoms with Crippen LogP contribution in [0.2, 0.25) is 0 Å². The van der Waals surface area contributed by atoms with Crippen molar-refractivity contribution in [3.05, 3.63) is 53.9 Å². The molecule has 20 heavy (non-hydrogen) atoms. The maximum atomic E-state index is 5.83. The first kappa shape index (κ1) is 13.0. The van der Waals surface area contributed by atoms with E-state index in [-0.39, 0.29) is 5.88 Å². The molecule has 3 rings (SSSR count). The molecule has 4 nitrogen and oxygen atoms in total. The largest absolute Gasteiger partial charge is 0.389 e. The van der Waals surface area contributed by atoms with Crippen LogP contribution in [0.25, 0.3) is 16.9 Å². The number of thiocarbonyl (C=S) groups is 1. The SMILES string of the molecule is NC(=S)c1ccc(-c2ccccc2)n2nc(CCl)nc12. The molecule has 0 unspecified atom stereocenters. The lowest BCUT2D eigenvalue weighted by Crippen LogP contribution is -2.12. The van der Waals surface area contributed by atoms with Crippen molar-refractivity contribution in [3.8, 4) is 11.3 Å². The van der Waals surface area contributed by atoms with Gasteiger partial charge in [-0.05, 0) is 12.1 Å². The molecule has 0 fully saturated rings. The van der Waals surface area contributed by atoms with Gasteiger partial charge in [-0.3, -0.25) is 0 Å². The number of hydrogen-bond acceptors (Lipinski definition) is 3. The highest BCUT2D eigenvalue weighted by atomic mass is 35.5. The molecule has 0 amide bonds. The van der Waals surface area contributed by atoms with E-state index < -0.39 is 0 Å². The van der Waals surface area contributed by atoms with E-state index in [9.17, 15) is 0 Å². The number of fused-ring (bicyclic) bond motifs is 1. The summed E-state index contributed by atoms with van der Waals surface area (Å²) in [6.07, 6.45) is 0. The predicted molar refractivity (Wildman–Crippen MR) is 83.9 cm³/mol. The molecule has 100 valence electrons. The summed E-state index contributed by atoms with van der Waals surface area (Å²) in [5.74, 6) is 0.791. The van der Waals surface area contributed by atoms with E-state index in [0.717, 1.165) is 11.3 Å². The zero-order valence-electron chi connectivity index (χ0n) is 10.5. The summed E-state index contributed by atoms with van der Waals surface area (Å²) in [7, 11) is 0. The monoisotopic (exact) mass is 302 g/mol. The van der Waals surface area contributed by atoms with Gasteiger partial charge < -0.3 is 5.73 Å². The maximum absolute atomic E-state index is 5.83. The average Bonchev–Trinajstić information content (AvgIpc) is 2.90. The lowest BCUT2D eigenvalue weighted by atomic mass is 10.1. The predicted octanol–water partition coefficient (Wildman–Crippen LogP) is 2.77. The van der Waals surface area contributed by atoms with Gasteiger partial charge in [0.25, 0.3) is 0 Å². The first-order valence-electron chi connectivity index (χ1n) is 6.00. The van der Waals surface area contributed by atoms with Crippen molar-refractivity contribution in [2.75, 3.05) is 0 Å². The zero-order chi connectivity index (χ0) is 14.1. The first-order valence-corrected chi connectivity index (χ1v) is 6.95. The second-order valence-corrected chi connectivity index (χ2v) is 4.97. The number of benzene rings is 1.